The zero-order valence-electron chi connectivity index (χ0n) is 12.2. The highest BCUT2D eigenvalue weighted by atomic mass is 79.9. The number of anilines is 2. The summed E-state index contributed by atoms with van der Waals surface area (Å²) in [7, 11) is -4.80. The monoisotopic (exact) mass is 418 g/mol. The highest BCUT2D eigenvalue weighted by molar-refractivity contribution is 9.10. The molecule has 0 atom stereocenters. The van der Waals surface area contributed by atoms with Gasteiger partial charge in [0.05, 0.1) is 17.1 Å². The van der Waals surface area contributed by atoms with E-state index in [1.807, 2.05) is 0 Å². The molecule has 0 saturated heterocycles. The van der Waals surface area contributed by atoms with Gasteiger partial charge in [0.25, 0.3) is 0 Å². The molecule has 0 aliphatic rings. The van der Waals surface area contributed by atoms with Crippen molar-refractivity contribution >= 4 is 43.0 Å². The Bertz CT molecular complexity index is 827. The normalized spacial score (nSPS) is 11.3. The summed E-state index contributed by atoms with van der Waals surface area (Å²) in [6.07, 6.45) is 0. The molecule has 2 aromatic rings. The van der Waals surface area contributed by atoms with Crippen molar-refractivity contribution in [1.29, 1.82) is 0 Å². The number of hydrogen-bond acceptors (Lipinski definition) is 4. The van der Waals surface area contributed by atoms with Gasteiger partial charge in [-0.05, 0) is 36.4 Å². The van der Waals surface area contributed by atoms with Crippen LogP contribution in [0.25, 0.3) is 0 Å². The molecule has 0 aliphatic carbocycles. The van der Waals surface area contributed by atoms with Crippen molar-refractivity contribution in [2.45, 2.75) is 10.7 Å². The Labute approximate surface area is 146 Å². The van der Waals surface area contributed by atoms with E-state index >= 15 is 0 Å². The molecular weight excluding hydrogens is 406 g/mol. The van der Waals surface area contributed by atoms with Gasteiger partial charge < -0.3 is 10.6 Å². The van der Waals surface area contributed by atoms with Gasteiger partial charge in [-0.3, -0.25) is 4.79 Å². The van der Waals surface area contributed by atoms with Crippen molar-refractivity contribution < 1.29 is 22.0 Å². The Balaban J connectivity index is 2.08. The number of amides is 1. The number of para-hydroxylation sites is 1. The van der Waals surface area contributed by atoms with E-state index in [0.29, 0.717) is 5.69 Å². The summed E-state index contributed by atoms with van der Waals surface area (Å²) in [4.78, 5) is 11.3. The van der Waals surface area contributed by atoms with Crippen molar-refractivity contribution in [3.05, 3.63) is 53.0 Å². The molecule has 0 aromatic heterocycles. The van der Waals surface area contributed by atoms with Gasteiger partial charge in [0.2, 0.25) is 15.7 Å². The van der Waals surface area contributed by atoms with Gasteiger partial charge in [-0.2, -0.15) is 8.78 Å². The Hall–Kier alpha value is -2.00. The van der Waals surface area contributed by atoms with Crippen molar-refractivity contribution in [2.75, 3.05) is 17.2 Å². The molecule has 0 spiro atoms. The molecule has 24 heavy (non-hydrogen) atoms. The van der Waals surface area contributed by atoms with Crippen LogP contribution < -0.4 is 10.6 Å². The van der Waals surface area contributed by atoms with Crippen LogP contribution >= 0.6 is 15.9 Å². The highest BCUT2D eigenvalue weighted by Crippen LogP contribution is 2.26. The number of sulfone groups is 1. The van der Waals surface area contributed by atoms with Crippen molar-refractivity contribution in [3.8, 4) is 0 Å². The van der Waals surface area contributed by atoms with Crippen LogP contribution in [0.2, 0.25) is 0 Å². The predicted molar refractivity (Wildman–Crippen MR) is 90.9 cm³/mol. The van der Waals surface area contributed by atoms with Gasteiger partial charge in [-0.15, -0.1) is 0 Å². The lowest BCUT2D eigenvalue weighted by molar-refractivity contribution is -0.114. The summed E-state index contributed by atoms with van der Waals surface area (Å²) in [6.45, 7) is -0.148. The maximum absolute atomic E-state index is 12.7. The average molecular weight is 419 g/mol. The van der Waals surface area contributed by atoms with E-state index < -0.39 is 26.4 Å². The molecule has 0 aliphatic heterocycles. The van der Waals surface area contributed by atoms with Gasteiger partial charge in [-0.25, -0.2) is 8.42 Å². The van der Waals surface area contributed by atoms with Crippen LogP contribution in [0.3, 0.4) is 0 Å². The third-order valence-corrected chi connectivity index (χ3v) is 4.97. The first-order valence-electron chi connectivity index (χ1n) is 6.71. The van der Waals surface area contributed by atoms with Gasteiger partial charge in [0, 0.05) is 10.2 Å². The third-order valence-electron chi connectivity index (χ3n) is 3.00. The quantitative estimate of drug-likeness (QED) is 0.752. The highest BCUT2D eigenvalue weighted by Gasteiger charge is 2.29. The molecule has 2 aromatic carbocycles. The van der Waals surface area contributed by atoms with Crippen LogP contribution in [-0.2, 0) is 14.6 Å². The minimum absolute atomic E-state index is 0.148. The SMILES string of the molecule is O=C(CNc1ccc(Br)cc1)Nc1ccccc1S(=O)(=O)C(F)F. The molecule has 128 valence electrons. The summed E-state index contributed by atoms with van der Waals surface area (Å²) in [5, 5.41) is 5.17. The van der Waals surface area contributed by atoms with Gasteiger partial charge in [0.1, 0.15) is 0 Å². The number of benzene rings is 2. The maximum Gasteiger partial charge on any atom is 0.341 e. The Morgan fingerprint density at radius 1 is 1.08 bits per heavy atom. The Morgan fingerprint density at radius 2 is 1.71 bits per heavy atom. The molecule has 2 N–H and O–H groups in total. The largest absolute Gasteiger partial charge is 0.376 e. The number of carbonyl (C=O) groups is 1. The van der Waals surface area contributed by atoms with E-state index in [1.54, 1.807) is 24.3 Å². The number of alkyl halides is 2. The molecule has 1 amide bonds. The number of hydrogen-bond donors (Lipinski definition) is 2. The van der Waals surface area contributed by atoms with Crippen LogP contribution in [-0.4, -0.2) is 26.6 Å². The molecule has 9 heteroatoms. The predicted octanol–water partition coefficient (Wildman–Crippen LogP) is 3.50. The van der Waals surface area contributed by atoms with Crippen LogP contribution in [0.1, 0.15) is 0 Å². The van der Waals surface area contributed by atoms with Gasteiger partial charge in [-0.1, -0.05) is 28.1 Å². The smallest absolute Gasteiger partial charge is 0.341 e. The Kier molecular flexibility index (Phi) is 5.89. The van der Waals surface area contributed by atoms with E-state index in [0.717, 1.165) is 10.5 Å². The topological polar surface area (TPSA) is 75.3 Å². The van der Waals surface area contributed by atoms with E-state index in [4.69, 9.17) is 0 Å². The van der Waals surface area contributed by atoms with Gasteiger partial charge >= 0.3 is 5.76 Å². The molecular formula is C15H13BrF2N2O3S. The van der Waals surface area contributed by atoms with Crippen LogP contribution in [0, 0.1) is 0 Å². The molecule has 2 rings (SSSR count). The number of nitrogens with one attached hydrogen (secondary N) is 2. The van der Waals surface area contributed by atoms with Crippen LogP contribution in [0.15, 0.2) is 57.9 Å². The first-order valence-corrected chi connectivity index (χ1v) is 9.05. The molecule has 0 saturated carbocycles. The standard InChI is InChI=1S/C15H13BrF2N2O3S/c16-10-5-7-11(8-6-10)19-9-14(21)20-12-3-1-2-4-13(12)24(22,23)15(17)18/h1-8,15,19H,9H2,(H,20,21). The summed E-state index contributed by atoms with van der Waals surface area (Å²) in [5.74, 6) is -4.12. The molecule has 0 unspecified atom stereocenters. The van der Waals surface area contributed by atoms with E-state index in [-0.39, 0.29) is 12.2 Å². The second kappa shape index (κ2) is 7.71. The minimum atomic E-state index is -4.80. The van der Waals surface area contributed by atoms with Crippen molar-refractivity contribution in [3.63, 3.8) is 0 Å². The minimum Gasteiger partial charge on any atom is -0.376 e. The maximum atomic E-state index is 12.7. The second-order valence-electron chi connectivity index (χ2n) is 4.71. The molecule has 0 bridgehead atoms. The summed E-state index contributed by atoms with van der Waals surface area (Å²) in [5.41, 5.74) is 0.502. The zero-order chi connectivity index (χ0) is 17.7. The summed E-state index contributed by atoms with van der Waals surface area (Å²) >= 11 is 3.28. The van der Waals surface area contributed by atoms with E-state index in [2.05, 4.69) is 26.6 Å². The van der Waals surface area contributed by atoms with E-state index in [9.17, 15) is 22.0 Å². The van der Waals surface area contributed by atoms with E-state index in [1.165, 1.54) is 18.2 Å². The van der Waals surface area contributed by atoms with Crippen LogP contribution in [0.4, 0.5) is 20.2 Å². The fourth-order valence-electron chi connectivity index (χ4n) is 1.86. The molecule has 0 heterocycles. The first kappa shape index (κ1) is 18.3. The fraction of sp³-hybridized carbons (Fsp3) is 0.133. The van der Waals surface area contributed by atoms with Crippen molar-refractivity contribution in [1.82, 2.24) is 0 Å². The van der Waals surface area contributed by atoms with Gasteiger partial charge in [0.15, 0.2) is 0 Å². The third kappa shape index (κ3) is 4.51. The summed E-state index contributed by atoms with van der Waals surface area (Å²) in [6, 6.07) is 12.1. The van der Waals surface area contributed by atoms with Crippen molar-refractivity contribution in [2.24, 2.45) is 0 Å². The second-order valence-corrected chi connectivity index (χ2v) is 7.51. The molecule has 0 fully saturated rings. The lowest BCUT2D eigenvalue weighted by Gasteiger charge is -2.12. The number of rotatable bonds is 6. The Morgan fingerprint density at radius 3 is 2.33 bits per heavy atom. The zero-order valence-corrected chi connectivity index (χ0v) is 14.6. The van der Waals surface area contributed by atoms with Crippen LogP contribution in [0.5, 0.6) is 0 Å². The molecule has 5 nitrogen and oxygen atoms in total. The lowest BCUT2D eigenvalue weighted by atomic mass is 10.3. The lowest BCUT2D eigenvalue weighted by Crippen LogP contribution is -2.23. The number of carbonyl (C=O) groups excluding carboxylic acids is 1. The molecule has 0 radical (unpaired) electrons. The first-order chi connectivity index (χ1) is 11.3. The summed E-state index contributed by atoms with van der Waals surface area (Å²) < 4.78 is 49.5. The fourth-order valence-corrected chi connectivity index (χ4v) is 3.01. The average Bonchev–Trinajstić information content (AvgIpc) is 2.54. The number of halogens is 3.